The quantitative estimate of drug-likeness (QED) is 0.273. The largest absolute Gasteiger partial charge is 0.352 e. The standard InChI is InChI=1S/C32H21FN2O3/c33-22-14-11-20(12-15-22)29(36)28-27(21-7-5-17-34-18-21)32(30(37)23-8-2-3-9-24(23)31(32)38)26-16-13-19-6-1-4-10-25(19)35(26)28/h1-18,26-28H/t26?,27-,28+/m1/s1. The van der Waals surface area contributed by atoms with Gasteiger partial charge in [-0.1, -0.05) is 60.7 Å². The molecule has 1 fully saturated rings. The van der Waals surface area contributed by atoms with Gasteiger partial charge in [-0.15, -0.1) is 0 Å². The molecule has 38 heavy (non-hydrogen) atoms. The number of Topliss-reactive ketones (excluding diaryl/α,β-unsaturated/α-hetero) is 3. The third-order valence-corrected chi connectivity index (χ3v) is 8.15. The molecule has 1 saturated heterocycles. The summed E-state index contributed by atoms with van der Waals surface area (Å²) in [5, 5.41) is 0. The van der Waals surface area contributed by atoms with Crippen molar-refractivity contribution < 1.29 is 18.8 Å². The van der Waals surface area contributed by atoms with E-state index in [1.165, 1.54) is 24.3 Å². The van der Waals surface area contributed by atoms with Crippen LogP contribution in [0.5, 0.6) is 0 Å². The Morgan fingerprint density at radius 2 is 1.53 bits per heavy atom. The highest BCUT2D eigenvalue weighted by Crippen LogP contribution is 2.60. The molecule has 3 heterocycles. The lowest BCUT2D eigenvalue weighted by atomic mass is 9.64. The van der Waals surface area contributed by atoms with Crippen molar-refractivity contribution in [1.82, 2.24) is 4.98 Å². The highest BCUT2D eigenvalue weighted by molar-refractivity contribution is 6.32. The van der Waals surface area contributed by atoms with Crippen molar-refractivity contribution in [2.45, 2.75) is 18.0 Å². The first kappa shape index (κ1) is 22.5. The molecule has 0 N–H and O–H groups in total. The number of hydrogen-bond acceptors (Lipinski definition) is 5. The van der Waals surface area contributed by atoms with Gasteiger partial charge in [-0.05, 0) is 47.5 Å². The van der Waals surface area contributed by atoms with Crippen molar-refractivity contribution in [3.8, 4) is 0 Å². The summed E-state index contributed by atoms with van der Waals surface area (Å²) < 4.78 is 13.8. The average molecular weight is 501 g/mol. The van der Waals surface area contributed by atoms with Crippen molar-refractivity contribution in [2.75, 3.05) is 4.90 Å². The Morgan fingerprint density at radius 1 is 0.842 bits per heavy atom. The van der Waals surface area contributed by atoms with Crippen LogP contribution in [0.4, 0.5) is 10.1 Å². The third-order valence-electron chi connectivity index (χ3n) is 8.15. The second kappa shape index (κ2) is 8.15. The number of halogens is 1. The van der Waals surface area contributed by atoms with Crippen LogP contribution in [0.25, 0.3) is 6.08 Å². The molecule has 3 aromatic carbocycles. The minimum Gasteiger partial charge on any atom is -0.352 e. The summed E-state index contributed by atoms with van der Waals surface area (Å²) in [7, 11) is 0. The van der Waals surface area contributed by atoms with Crippen molar-refractivity contribution in [1.29, 1.82) is 0 Å². The average Bonchev–Trinajstić information content (AvgIpc) is 3.40. The fourth-order valence-electron chi connectivity index (χ4n) is 6.64. The first-order valence-corrected chi connectivity index (χ1v) is 12.5. The first-order valence-electron chi connectivity index (χ1n) is 12.5. The van der Waals surface area contributed by atoms with Crippen LogP contribution in [-0.2, 0) is 0 Å². The molecule has 0 saturated carbocycles. The van der Waals surface area contributed by atoms with Gasteiger partial charge in [0, 0.05) is 40.7 Å². The Bertz CT molecular complexity index is 1630. The normalized spacial score (nSPS) is 22.3. The molecular weight excluding hydrogens is 479 g/mol. The zero-order valence-corrected chi connectivity index (χ0v) is 20.1. The SMILES string of the molecule is O=C(c1ccc(F)cc1)[C@@H]1[C@@H](c2cccnc2)C2(C(=O)c3ccccc3C2=O)C2C=Cc3ccccc3N21. The van der Waals surface area contributed by atoms with E-state index in [9.17, 15) is 18.8 Å². The molecule has 184 valence electrons. The molecule has 3 atom stereocenters. The maximum Gasteiger partial charge on any atom is 0.185 e. The maximum atomic E-state index is 14.5. The second-order valence-corrected chi connectivity index (χ2v) is 9.92. The number of carbonyl (C=O) groups is 3. The summed E-state index contributed by atoms with van der Waals surface area (Å²) in [6.45, 7) is 0. The number of hydrogen-bond donors (Lipinski definition) is 0. The van der Waals surface area contributed by atoms with Crippen LogP contribution in [0.2, 0.25) is 0 Å². The number of benzene rings is 3. The molecule has 1 unspecified atom stereocenters. The first-order chi connectivity index (χ1) is 18.5. The Hall–Kier alpha value is -4.71. The number of nitrogens with zero attached hydrogens (tertiary/aromatic N) is 2. The number of para-hydroxylation sites is 1. The van der Waals surface area contributed by atoms with Crippen LogP contribution in [0.15, 0.2) is 103 Å². The molecule has 0 bridgehead atoms. The van der Waals surface area contributed by atoms with Gasteiger partial charge >= 0.3 is 0 Å². The topological polar surface area (TPSA) is 67.3 Å². The lowest BCUT2D eigenvalue weighted by molar-refractivity contribution is 0.0666. The zero-order chi connectivity index (χ0) is 26.0. The van der Waals surface area contributed by atoms with Crippen molar-refractivity contribution in [3.05, 3.63) is 137 Å². The van der Waals surface area contributed by atoms with Crippen LogP contribution in [0.3, 0.4) is 0 Å². The van der Waals surface area contributed by atoms with Crippen LogP contribution in [-0.4, -0.2) is 34.4 Å². The van der Waals surface area contributed by atoms with Gasteiger partial charge in [0.2, 0.25) is 0 Å². The molecule has 5 nitrogen and oxygen atoms in total. The van der Waals surface area contributed by atoms with Crippen molar-refractivity contribution >= 4 is 29.1 Å². The predicted molar refractivity (Wildman–Crippen MR) is 141 cm³/mol. The Morgan fingerprint density at radius 3 is 2.21 bits per heavy atom. The molecule has 6 heteroatoms. The van der Waals surface area contributed by atoms with Crippen molar-refractivity contribution in [2.24, 2.45) is 5.41 Å². The molecule has 4 aromatic rings. The number of rotatable bonds is 3. The van der Waals surface area contributed by atoms with E-state index in [4.69, 9.17) is 0 Å². The van der Waals surface area contributed by atoms with Gasteiger partial charge in [0.05, 0.1) is 6.04 Å². The predicted octanol–water partition coefficient (Wildman–Crippen LogP) is 5.54. The highest BCUT2D eigenvalue weighted by atomic mass is 19.1. The molecule has 2 aliphatic heterocycles. The van der Waals surface area contributed by atoms with Gasteiger partial charge in [-0.25, -0.2) is 4.39 Å². The number of aromatic nitrogens is 1. The van der Waals surface area contributed by atoms with E-state index in [1.54, 1.807) is 42.7 Å². The summed E-state index contributed by atoms with van der Waals surface area (Å²) in [6.07, 6.45) is 7.06. The third kappa shape index (κ3) is 2.85. The van der Waals surface area contributed by atoms with E-state index in [2.05, 4.69) is 4.98 Å². The summed E-state index contributed by atoms with van der Waals surface area (Å²) in [5.74, 6) is -2.15. The van der Waals surface area contributed by atoms with Gasteiger partial charge in [-0.3, -0.25) is 19.4 Å². The number of pyridine rings is 1. The second-order valence-electron chi connectivity index (χ2n) is 9.92. The lowest BCUT2D eigenvalue weighted by Gasteiger charge is -2.37. The lowest BCUT2D eigenvalue weighted by Crippen LogP contribution is -2.48. The number of fused-ring (bicyclic) bond motifs is 5. The number of carbonyl (C=O) groups excluding carboxylic acids is 3. The van der Waals surface area contributed by atoms with E-state index in [0.717, 1.165) is 11.3 Å². The molecular formula is C32H21FN2O3. The van der Waals surface area contributed by atoms with Gasteiger partial charge in [0.1, 0.15) is 17.3 Å². The van der Waals surface area contributed by atoms with Gasteiger partial charge in [0.25, 0.3) is 0 Å². The Balaban J connectivity index is 1.54. The fourth-order valence-corrected chi connectivity index (χ4v) is 6.64. The van der Waals surface area contributed by atoms with E-state index in [0.29, 0.717) is 22.3 Å². The van der Waals surface area contributed by atoms with Crippen LogP contribution in [0.1, 0.15) is 48.1 Å². The van der Waals surface area contributed by atoms with Crippen LogP contribution < -0.4 is 4.90 Å². The molecule has 7 rings (SSSR count). The zero-order valence-electron chi connectivity index (χ0n) is 20.1. The number of anilines is 1. The molecule has 0 amide bonds. The maximum absolute atomic E-state index is 14.5. The Labute approximate surface area is 218 Å². The summed E-state index contributed by atoms with van der Waals surface area (Å²) >= 11 is 0. The molecule has 1 aromatic heterocycles. The fraction of sp³-hybridized carbons (Fsp3) is 0.125. The molecule has 0 radical (unpaired) electrons. The number of ketones is 3. The van der Waals surface area contributed by atoms with Crippen LogP contribution in [0, 0.1) is 11.2 Å². The summed E-state index contributed by atoms with van der Waals surface area (Å²) in [6, 6.07) is 21.9. The van der Waals surface area contributed by atoms with Gasteiger partial charge in [0.15, 0.2) is 17.3 Å². The van der Waals surface area contributed by atoms with E-state index in [1.807, 2.05) is 47.4 Å². The Kier molecular flexibility index (Phi) is 4.82. The smallest absolute Gasteiger partial charge is 0.185 e. The molecule has 1 spiro atoms. The summed E-state index contributed by atoms with van der Waals surface area (Å²) in [4.78, 5) is 49.6. The monoisotopic (exact) mass is 500 g/mol. The van der Waals surface area contributed by atoms with Crippen LogP contribution >= 0.6 is 0 Å². The molecule has 1 aliphatic carbocycles. The minimum absolute atomic E-state index is 0.289. The highest BCUT2D eigenvalue weighted by Gasteiger charge is 2.71. The minimum atomic E-state index is -1.57. The molecule has 3 aliphatic rings. The van der Waals surface area contributed by atoms with E-state index >= 15 is 0 Å². The van der Waals surface area contributed by atoms with E-state index in [-0.39, 0.29) is 17.3 Å². The van der Waals surface area contributed by atoms with Gasteiger partial charge < -0.3 is 4.90 Å². The van der Waals surface area contributed by atoms with E-state index < -0.39 is 29.2 Å². The van der Waals surface area contributed by atoms with Gasteiger partial charge in [-0.2, -0.15) is 0 Å². The summed E-state index contributed by atoms with van der Waals surface area (Å²) in [5.41, 5.74) is 1.76. The van der Waals surface area contributed by atoms with Crippen molar-refractivity contribution in [3.63, 3.8) is 0 Å².